The number of aryl methyl sites for hydroxylation is 1. The highest BCUT2D eigenvalue weighted by atomic mass is 79.9. The minimum absolute atomic E-state index is 0.00228. The average molecular weight is 383 g/mol. The topological polar surface area (TPSA) is 68.6 Å². The van der Waals surface area contributed by atoms with Crippen molar-refractivity contribution in [1.82, 2.24) is 9.47 Å². The average Bonchev–Trinajstić information content (AvgIpc) is 2.85. The lowest BCUT2D eigenvalue weighted by atomic mass is 9.92. The molecule has 1 saturated heterocycles. The van der Waals surface area contributed by atoms with Gasteiger partial charge in [-0.15, -0.1) is 0 Å². The highest BCUT2D eigenvalue weighted by molar-refractivity contribution is 9.10. The third-order valence-corrected chi connectivity index (χ3v) is 5.13. The van der Waals surface area contributed by atoms with Crippen LogP contribution in [0.1, 0.15) is 38.5 Å². The number of likely N-dealkylation sites (tertiary alicyclic amines) is 1. The summed E-state index contributed by atoms with van der Waals surface area (Å²) in [5.41, 5.74) is -0.120. The van der Waals surface area contributed by atoms with Crippen molar-refractivity contribution in [3.05, 3.63) is 27.1 Å². The smallest absolute Gasteiger partial charge is 0.254 e. The van der Waals surface area contributed by atoms with Crippen molar-refractivity contribution in [1.29, 1.82) is 0 Å². The van der Waals surface area contributed by atoms with E-state index in [4.69, 9.17) is 4.74 Å². The summed E-state index contributed by atoms with van der Waals surface area (Å²) in [6.07, 6.45) is 5.42. The van der Waals surface area contributed by atoms with Crippen LogP contribution >= 0.6 is 15.9 Å². The first-order valence-corrected chi connectivity index (χ1v) is 8.62. The van der Waals surface area contributed by atoms with Gasteiger partial charge in [0.1, 0.15) is 5.75 Å². The number of imide groups is 1. The van der Waals surface area contributed by atoms with Gasteiger partial charge in [0.2, 0.25) is 11.8 Å². The molecule has 0 unspecified atom stereocenters. The van der Waals surface area contributed by atoms with E-state index >= 15 is 0 Å². The summed E-state index contributed by atoms with van der Waals surface area (Å²) in [4.78, 5) is 36.8. The fourth-order valence-electron chi connectivity index (χ4n) is 3.27. The zero-order chi connectivity index (χ0) is 16.6. The summed E-state index contributed by atoms with van der Waals surface area (Å²) >= 11 is 3.41. The van der Waals surface area contributed by atoms with Gasteiger partial charge in [0, 0.05) is 38.2 Å². The molecule has 0 atom stereocenters. The maximum absolute atomic E-state index is 11.8. The van der Waals surface area contributed by atoms with Crippen LogP contribution < -0.4 is 10.3 Å². The van der Waals surface area contributed by atoms with Crippen LogP contribution in [0.25, 0.3) is 0 Å². The van der Waals surface area contributed by atoms with Gasteiger partial charge in [-0.05, 0) is 41.6 Å². The molecule has 0 spiro atoms. The Morgan fingerprint density at radius 1 is 1.09 bits per heavy atom. The number of carbonyl (C=O) groups excluding carboxylic acids is 2. The van der Waals surface area contributed by atoms with Crippen molar-refractivity contribution >= 4 is 27.7 Å². The number of halogens is 1. The number of nitrogens with zero attached hydrogens (tertiary/aromatic N) is 2. The number of hydrogen-bond acceptors (Lipinski definition) is 4. The van der Waals surface area contributed by atoms with Gasteiger partial charge in [0.15, 0.2) is 0 Å². The quantitative estimate of drug-likeness (QED) is 0.749. The van der Waals surface area contributed by atoms with Crippen LogP contribution in [0.4, 0.5) is 0 Å². The van der Waals surface area contributed by atoms with Gasteiger partial charge < -0.3 is 9.30 Å². The molecule has 0 radical (unpaired) electrons. The van der Waals surface area contributed by atoms with Gasteiger partial charge in [-0.3, -0.25) is 19.3 Å². The predicted octanol–water partition coefficient (Wildman–Crippen LogP) is 1.99. The van der Waals surface area contributed by atoms with Crippen LogP contribution in [0.15, 0.2) is 21.5 Å². The van der Waals surface area contributed by atoms with Gasteiger partial charge in [-0.2, -0.15) is 0 Å². The molecule has 1 aromatic rings. The van der Waals surface area contributed by atoms with Gasteiger partial charge >= 0.3 is 0 Å². The van der Waals surface area contributed by atoms with E-state index in [0.717, 1.165) is 30.2 Å². The second-order valence-electron chi connectivity index (χ2n) is 6.14. The Hall–Kier alpha value is -1.63. The van der Waals surface area contributed by atoms with Crippen LogP contribution in [0.5, 0.6) is 5.75 Å². The zero-order valence-electron chi connectivity index (χ0n) is 13.0. The van der Waals surface area contributed by atoms with Crippen LogP contribution in [-0.2, 0) is 16.6 Å². The monoisotopic (exact) mass is 382 g/mol. The number of carbonyl (C=O) groups is 2. The van der Waals surface area contributed by atoms with E-state index in [1.54, 1.807) is 13.2 Å². The molecule has 7 heteroatoms. The van der Waals surface area contributed by atoms with Gasteiger partial charge in [0.05, 0.1) is 10.6 Å². The van der Waals surface area contributed by atoms with Crippen molar-refractivity contribution in [3.63, 3.8) is 0 Å². The summed E-state index contributed by atoms with van der Waals surface area (Å²) in [7, 11) is 1.69. The third-order valence-electron chi connectivity index (χ3n) is 4.54. The Kier molecular flexibility index (Phi) is 4.57. The highest BCUT2D eigenvalue weighted by Gasteiger charge is 2.37. The van der Waals surface area contributed by atoms with Gasteiger partial charge in [0.25, 0.3) is 5.56 Å². The minimum Gasteiger partial charge on any atom is -0.489 e. The van der Waals surface area contributed by atoms with E-state index in [2.05, 4.69) is 15.9 Å². The summed E-state index contributed by atoms with van der Waals surface area (Å²) in [5, 5.41) is 0. The predicted molar refractivity (Wildman–Crippen MR) is 87.1 cm³/mol. The zero-order valence-corrected chi connectivity index (χ0v) is 14.5. The Bertz CT molecular complexity index is 676. The lowest BCUT2D eigenvalue weighted by Gasteiger charge is -2.33. The first kappa shape index (κ1) is 16.2. The van der Waals surface area contributed by atoms with Crippen molar-refractivity contribution in [2.24, 2.45) is 7.05 Å². The molecule has 1 saturated carbocycles. The number of hydrogen-bond donors (Lipinski definition) is 0. The van der Waals surface area contributed by atoms with E-state index in [-0.39, 0.29) is 29.5 Å². The number of rotatable bonds is 3. The molecule has 1 aliphatic carbocycles. The number of ether oxygens (including phenoxy) is 1. The van der Waals surface area contributed by atoms with Gasteiger partial charge in [-0.1, -0.05) is 0 Å². The molecular weight excluding hydrogens is 364 g/mol. The van der Waals surface area contributed by atoms with E-state index in [1.165, 1.54) is 15.5 Å². The largest absolute Gasteiger partial charge is 0.489 e. The van der Waals surface area contributed by atoms with Crippen LogP contribution in [-0.4, -0.2) is 33.4 Å². The Balaban J connectivity index is 1.61. The number of pyridine rings is 1. The maximum atomic E-state index is 11.8. The second-order valence-corrected chi connectivity index (χ2v) is 6.99. The normalized spacial score (nSPS) is 25.0. The summed E-state index contributed by atoms with van der Waals surface area (Å²) in [6.45, 7) is 0. The maximum Gasteiger partial charge on any atom is 0.254 e. The molecule has 0 bridgehead atoms. The van der Waals surface area contributed by atoms with Gasteiger partial charge in [-0.25, -0.2) is 0 Å². The Labute approximate surface area is 142 Å². The summed E-state index contributed by atoms with van der Waals surface area (Å²) in [6, 6.07) is 1.48. The minimum atomic E-state index is -0.120. The lowest BCUT2D eigenvalue weighted by molar-refractivity contribution is -0.142. The molecule has 124 valence electrons. The third kappa shape index (κ3) is 3.34. The molecule has 2 heterocycles. The molecule has 6 nitrogen and oxygen atoms in total. The van der Waals surface area contributed by atoms with E-state index in [1.807, 2.05) is 0 Å². The van der Waals surface area contributed by atoms with Crippen LogP contribution in [0.2, 0.25) is 0 Å². The number of aromatic nitrogens is 1. The highest BCUT2D eigenvalue weighted by Crippen LogP contribution is 2.31. The van der Waals surface area contributed by atoms with Crippen LogP contribution in [0, 0.1) is 0 Å². The summed E-state index contributed by atoms with van der Waals surface area (Å²) < 4.78 is 8.16. The summed E-state index contributed by atoms with van der Waals surface area (Å²) in [5.74, 6) is 0.451. The first-order valence-electron chi connectivity index (χ1n) is 7.83. The van der Waals surface area contributed by atoms with E-state index in [9.17, 15) is 14.4 Å². The molecular formula is C16H19BrN2O4. The fourth-order valence-corrected chi connectivity index (χ4v) is 3.79. The van der Waals surface area contributed by atoms with E-state index in [0.29, 0.717) is 18.6 Å². The van der Waals surface area contributed by atoms with E-state index < -0.39 is 0 Å². The SMILES string of the molecule is Cn1cc(Br)c(OC2CCC(N3C(=O)CCC3=O)CC2)cc1=O. The molecule has 3 rings (SSSR count). The Morgan fingerprint density at radius 2 is 1.70 bits per heavy atom. The second kappa shape index (κ2) is 6.47. The molecule has 1 aliphatic heterocycles. The molecule has 23 heavy (non-hydrogen) atoms. The molecule has 0 aromatic carbocycles. The molecule has 1 aromatic heterocycles. The molecule has 0 N–H and O–H groups in total. The van der Waals surface area contributed by atoms with Crippen LogP contribution in [0.3, 0.4) is 0 Å². The molecule has 2 amide bonds. The van der Waals surface area contributed by atoms with Crippen molar-refractivity contribution in [3.8, 4) is 5.75 Å². The fraction of sp³-hybridized carbons (Fsp3) is 0.562. The standard InChI is InChI=1S/C16H19BrN2O4/c1-18-9-12(17)13(8-16(18)22)23-11-4-2-10(3-5-11)19-14(20)6-7-15(19)21/h8-11H,2-7H2,1H3. The number of amides is 2. The lowest BCUT2D eigenvalue weighted by Crippen LogP contribution is -2.43. The van der Waals surface area contributed by atoms with Crippen molar-refractivity contribution in [2.75, 3.05) is 0 Å². The van der Waals surface area contributed by atoms with Crippen molar-refractivity contribution in [2.45, 2.75) is 50.7 Å². The molecule has 2 aliphatic rings. The Morgan fingerprint density at radius 3 is 2.30 bits per heavy atom. The van der Waals surface area contributed by atoms with Crippen molar-refractivity contribution < 1.29 is 14.3 Å². The molecule has 2 fully saturated rings. The first-order chi connectivity index (χ1) is 11.0.